The van der Waals surface area contributed by atoms with Crippen LogP contribution in [0.3, 0.4) is 0 Å². The molecule has 2 heterocycles. The molecule has 0 fully saturated rings. The lowest BCUT2D eigenvalue weighted by Crippen LogP contribution is -2.06. The lowest BCUT2D eigenvalue weighted by molar-refractivity contribution is 0.0696. The third kappa shape index (κ3) is 2.24. The molecule has 0 unspecified atom stereocenters. The van der Waals surface area contributed by atoms with Gasteiger partial charge in [-0.1, -0.05) is 11.6 Å². The van der Waals surface area contributed by atoms with Crippen LogP contribution in [-0.4, -0.2) is 20.6 Å². The zero-order chi connectivity index (χ0) is 14.2. The molecule has 4 nitrogen and oxygen atoms in total. The van der Waals surface area contributed by atoms with Gasteiger partial charge < -0.3 is 9.67 Å². The van der Waals surface area contributed by atoms with Crippen molar-refractivity contribution in [2.75, 3.05) is 0 Å². The van der Waals surface area contributed by atoms with E-state index in [-0.39, 0.29) is 16.6 Å². The van der Waals surface area contributed by atoms with Crippen LogP contribution in [-0.2, 0) is 0 Å². The molecule has 2 aromatic rings. The number of halogens is 1. The highest BCUT2D eigenvalue weighted by atomic mass is 35.5. The first kappa shape index (κ1) is 13.6. The largest absolute Gasteiger partial charge is 0.478 e. The van der Waals surface area contributed by atoms with E-state index < -0.39 is 5.97 Å². The van der Waals surface area contributed by atoms with Crippen LogP contribution >= 0.6 is 11.6 Å². The van der Waals surface area contributed by atoms with Gasteiger partial charge in [0, 0.05) is 29.7 Å². The summed E-state index contributed by atoms with van der Waals surface area (Å²) in [5.74, 6) is -1.00. The van der Waals surface area contributed by atoms with Crippen molar-refractivity contribution in [3.63, 3.8) is 0 Å². The number of nitrogens with zero attached hydrogens (tertiary/aromatic N) is 2. The SMILES string of the molecule is Cc1c(C(=O)O)c(Cl)c(-c2ccncc2)n1C(C)C. The summed E-state index contributed by atoms with van der Waals surface area (Å²) in [5.41, 5.74) is 2.43. The molecule has 0 saturated heterocycles. The number of hydrogen-bond acceptors (Lipinski definition) is 2. The Kier molecular flexibility index (Phi) is 3.62. The quantitative estimate of drug-likeness (QED) is 0.929. The maximum atomic E-state index is 11.4. The van der Waals surface area contributed by atoms with Crippen molar-refractivity contribution in [3.05, 3.63) is 40.8 Å². The van der Waals surface area contributed by atoms with Crippen molar-refractivity contribution in [1.82, 2.24) is 9.55 Å². The topological polar surface area (TPSA) is 55.1 Å². The molecule has 0 aliphatic carbocycles. The second-order valence-electron chi connectivity index (χ2n) is 4.63. The summed E-state index contributed by atoms with van der Waals surface area (Å²) in [5, 5.41) is 9.59. The number of aromatic nitrogens is 2. The Labute approximate surface area is 116 Å². The summed E-state index contributed by atoms with van der Waals surface area (Å²) >= 11 is 6.29. The molecule has 5 heteroatoms. The molecule has 0 aliphatic heterocycles. The fourth-order valence-electron chi connectivity index (χ4n) is 2.34. The van der Waals surface area contributed by atoms with Gasteiger partial charge in [-0.15, -0.1) is 0 Å². The molecule has 0 radical (unpaired) electrons. The van der Waals surface area contributed by atoms with Gasteiger partial charge in [-0.2, -0.15) is 0 Å². The minimum atomic E-state index is -1.00. The molecule has 19 heavy (non-hydrogen) atoms. The van der Waals surface area contributed by atoms with E-state index in [1.165, 1.54) is 0 Å². The Balaban J connectivity index is 2.80. The Morgan fingerprint density at radius 3 is 2.42 bits per heavy atom. The van der Waals surface area contributed by atoms with Crippen molar-refractivity contribution >= 4 is 17.6 Å². The van der Waals surface area contributed by atoms with Crippen LogP contribution in [0, 0.1) is 6.92 Å². The number of rotatable bonds is 3. The van der Waals surface area contributed by atoms with Crippen molar-refractivity contribution in [3.8, 4) is 11.3 Å². The number of carbonyl (C=O) groups is 1. The Hall–Kier alpha value is -1.81. The van der Waals surface area contributed by atoms with Gasteiger partial charge in [0.2, 0.25) is 0 Å². The van der Waals surface area contributed by atoms with Crippen LogP contribution < -0.4 is 0 Å². The fourth-order valence-corrected chi connectivity index (χ4v) is 2.76. The minimum absolute atomic E-state index is 0.119. The predicted octanol–water partition coefficient (Wildman–Crippen LogP) is 3.79. The zero-order valence-electron chi connectivity index (χ0n) is 11.0. The molecule has 0 atom stereocenters. The third-order valence-corrected chi connectivity index (χ3v) is 3.44. The molecule has 1 N–H and O–H groups in total. The van der Waals surface area contributed by atoms with Gasteiger partial charge in [-0.25, -0.2) is 4.79 Å². The van der Waals surface area contributed by atoms with Crippen LogP contribution in [0.15, 0.2) is 24.5 Å². The van der Waals surface area contributed by atoms with E-state index in [2.05, 4.69) is 4.98 Å². The Morgan fingerprint density at radius 2 is 1.95 bits per heavy atom. The van der Waals surface area contributed by atoms with Crippen LogP contribution in [0.2, 0.25) is 5.02 Å². The van der Waals surface area contributed by atoms with E-state index in [4.69, 9.17) is 11.6 Å². The molecule has 0 saturated carbocycles. The smallest absolute Gasteiger partial charge is 0.339 e. The summed E-state index contributed by atoms with van der Waals surface area (Å²) in [4.78, 5) is 15.3. The number of hydrogen-bond donors (Lipinski definition) is 1. The van der Waals surface area contributed by atoms with Crippen molar-refractivity contribution in [2.24, 2.45) is 0 Å². The summed E-state index contributed by atoms with van der Waals surface area (Å²) in [6.45, 7) is 5.78. The first-order valence-corrected chi connectivity index (χ1v) is 6.37. The Bertz CT molecular complexity index is 618. The molecule has 0 spiro atoms. The highest BCUT2D eigenvalue weighted by Gasteiger charge is 2.25. The third-order valence-electron chi connectivity index (χ3n) is 3.08. The lowest BCUT2D eigenvalue weighted by Gasteiger charge is -2.15. The van der Waals surface area contributed by atoms with Gasteiger partial charge in [0.25, 0.3) is 0 Å². The average Bonchev–Trinajstić information content (AvgIpc) is 2.61. The second kappa shape index (κ2) is 5.05. The van der Waals surface area contributed by atoms with Crippen molar-refractivity contribution < 1.29 is 9.90 Å². The van der Waals surface area contributed by atoms with E-state index in [0.717, 1.165) is 11.3 Å². The number of carboxylic acids is 1. The first-order valence-electron chi connectivity index (χ1n) is 5.99. The van der Waals surface area contributed by atoms with Gasteiger partial charge >= 0.3 is 5.97 Å². The van der Waals surface area contributed by atoms with E-state index in [1.54, 1.807) is 19.3 Å². The fraction of sp³-hybridized carbons (Fsp3) is 0.286. The Morgan fingerprint density at radius 1 is 1.37 bits per heavy atom. The zero-order valence-corrected chi connectivity index (χ0v) is 11.8. The van der Waals surface area contributed by atoms with Crippen LogP contribution in [0.4, 0.5) is 0 Å². The summed E-state index contributed by atoms with van der Waals surface area (Å²) in [7, 11) is 0. The molecule has 2 aromatic heterocycles. The predicted molar refractivity (Wildman–Crippen MR) is 74.8 cm³/mol. The summed E-state index contributed by atoms with van der Waals surface area (Å²) in [6.07, 6.45) is 3.33. The maximum Gasteiger partial charge on any atom is 0.339 e. The second-order valence-corrected chi connectivity index (χ2v) is 5.01. The highest BCUT2D eigenvalue weighted by Crippen LogP contribution is 2.37. The normalized spacial score (nSPS) is 11.0. The maximum absolute atomic E-state index is 11.4. The van der Waals surface area contributed by atoms with Gasteiger partial charge in [0.15, 0.2) is 0 Å². The minimum Gasteiger partial charge on any atom is -0.478 e. The van der Waals surface area contributed by atoms with Gasteiger partial charge in [-0.05, 0) is 32.9 Å². The molecule has 0 bridgehead atoms. The van der Waals surface area contributed by atoms with E-state index in [1.807, 2.05) is 30.5 Å². The number of aromatic carboxylic acids is 1. The number of carboxylic acid groups (broad SMARTS) is 1. The van der Waals surface area contributed by atoms with Crippen molar-refractivity contribution in [2.45, 2.75) is 26.8 Å². The van der Waals surface area contributed by atoms with Gasteiger partial charge in [0.1, 0.15) is 0 Å². The molecule has 0 aromatic carbocycles. The van der Waals surface area contributed by atoms with Gasteiger partial charge in [0.05, 0.1) is 16.3 Å². The van der Waals surface area contributed by atoms with E-state index in [9.17, 15) is 9.90 Å². The first-order chi connectivity index (χ1) is 8.95. The van der Waals surface area contributed by atoms with Crippen molar-refractivity contribution in [1.29, 1.82) is 0 Å². The molecule has 2 rings (SSSR count). The summed E-state index contributed by atoms with van der Waals surface area (Å²) < 4.78 is 1.95. The highest BCUT2D eigenvalue weighted by molar-refractivity contribution is 6.36. The molecule has 0 amide bonds. The molecular weight excluding hydrogens is 264 g/mol. The molecular formula is C14H15ClN2O2. The lowest BCUT2D eigenvalue weighted by atomic mass is 10.1. The molecule has 0 aliphatic rings. The van der Waals surface area contributed by atoms with Gasteiger partial charge in [-0.3, -0.25) is 4.98 Å². The monoisotopic (exact) mass is 278 g/mol. The van der Waals surface area contributed by atoms with E-state index >= 15 is 0 Å². The average molecular weight is 279 g/mol. The standard InChI is InChI=1S/C14H15ClN2O2/c1-8(2)17-9(3)11(14(18)19)12(15)13(17)10-4-6-16-7-5-10/h4-8H,1-3H3,(H,18,19). The molecule has 100 valence electrons. The van der Waals surface area contributed by atoms with Crippen LogP contribution in [0.1, 0.15) is 35.9 Å². The number of pyridine rings is 1. The van der Waals surface area contributed by atoms with Crippen LogP contribution in [0.25, 0.3) is 11.3 Å². The summed E-state index contributed by atoms with van der Waals surface area (Å²) in [6, 6.07) is 3.77. The van der Waals surface area contributed by atoms with Crippen LogP contribution in [0.5, 0.6) is 0 Å². The van der Waals surface area contributed by atoms with E-state index in [0.29, 0.717) is 5.69 Å².